The van der Waals surface area contributed by atoms with Crippen molar-refractivity contribution in [1.29, 1.82) is 0 Å². The van der Waals surface area contributed by atoms with Crippen LogP contribution >= 0.6 is 15.9 Å². The Morgan fingerprint density at radius 1 is 1.63 bits per heavy atom. The van der Waals surface area contributed by atoms with Crippen LogP contribution in [-0.4, -0.2) is 23.0 Å². The third-order valence-electron chi connectivity index (χ3n) is 4.16. The molecule has 1 amide bonds. The molecule has 0 bridgehead atoms. The van der Waals surface area contributed by atoms with Crippen molar-refractivity contribution in [1.82, 2.24) is 10.3 Å². The molecule has 2 N–H and O–H groups in total. The molecular formula is C13H15BrFN3O. The molecule has 0 radical (unpaired) electrons. The Morgan fingerprint density at radius 2 is 2.37 bits per heavy atom. The van der Waals surface area contributed by atoms with Gasteiger partial charge in [-0.3, -0.25) is 4.79 Å². The predicted molar refractivity (Wildman–Crippen MR) is 73.3 cm³/mol. The lowest BCUT2D eigenvalue weighted by Gasteiger charge is -2.15. The van der Waals surface area contributed by atoms with Crippen molar-refractivity contribution in [2.24, 2.45) is 5.41 Å². The lowest BCUT2D eigenvalue weighted by Crippen LogP contribution is -2.38. The molecule has 0 aromatic carbocycles. The molecule has 3 rings (SSSR count). The van der Waals surface area contributed by atoms with E-state index in [0.717, 1.165) is 12.8 Å². The smallest absolute Gasteiger partial charge is 0.242 e. The van der Waals surface area contributed by atoms with Gasteiger partial charge in [-0.25, -0.2) is 9.37 Å². The minimum atomic E-state index is -0.383. The molecule has 1 saturated heterocycles. The van der Waals surface area contributed by atoms with E-state index in [0.29, 0.717) is 16.2 Å². The number of hydrogen-bond donors (Lipinski definition) is 2. The van der Waals surface area contributed by atoms with Gasteiger partial charge in [-0.1, -0.05) is 6.92 Å². The summed E-state index contributed by atoms with van der Waals surface area (Å²) in [5, 5.41) is 6.00. The Morgan fingerprint density at radius 3 is 3.00 bits per heavy atom. The lowest BCUT2D eigenvalue weighted by molar-refractivity contribution is -0.118. The first-order chi connectivity index (χ1) is 8.89. The summed E-state index contributed by atoms with van der Waals surface area (Å²) >= 11 is 3.13. The predicted octanol–water partition coefficient (Wildman–Crippen LogP) is 2.37. The summed E-state index contributed by atoms with van der Waals surface area (Å²) in [6.45, 7) is 3.78. The van der Waals surface area contributed by atoms with E-state index in [4.69, 9.17) is 0 Å². The molecule has 1 aliphatic heterocycles. The molecule has 19 heavy (non-hydrogen) atoms. The van der Waals surface area contributed by atoms with Crippen LogP contribution in [-0.2, 0) is 4.79 Å². The van der Waals surface area contributed by atoms with Crippen LogP contribution in [0.5, 0.6) is 0 Å². The Kier molecular flexibility index (Phi) is 2.90. The average molecular weight is 328 g/mol. The van der Waals surface area contributed by atoms with Gasteiger partial charge in [0.2, 0.25) is 5.91 Å². The number of pyridine rings is 1. The van der Waals surface area contributed by atoms with Crippen LogP contribution in [0.1, 0.15) is 25.3 Å². The van der Waals surface area contributed by atoms with Crippen molar-refractivity contribution in [2.45, 2.75) is 38.8 Å². The van der Waals surface area contributed by atoms with E-state index in [1.165, 1.54) is 6.07 Å². The number of carbonyl (C=O) groups excluding carboxylic acids is 1. The van der Waals surface area contributed by atoms with Crippen molar-refractivity contribution >= 4 is 27.7 Å². The first-order valence-corrected chi connectivity index (χ1v) is 7.08. The third kappa shape index (κ3) is 2.27. The number of piperidine rings is 1. The maximum atomic E-state index is 13.6. The van der Waals surface area contributed by atoms with E-state index >= 15 is 0 Å². The molecular weight excluding hydrogens is 313 g/mol. The molecule has 2 fully saturated rings. The highest BCUT2D eigenvalue weighted by atomic mass is 79.9. The standard InChI is InChI=1S/C13H15BrFN3O/c1-6-7(15)3-10(14)17-11(6)18-12(19)8-4-13(2)5-9(13)16-8/h3,8-9,16H,4-5H2,1-2H3,(H,17,18,19)/t8-,9+,13-/m0/s1. The summed E-state index contributed by atoms with van der Waals surface area (Å²) in [4.78, 5) is 16.3. The zero-order valence-corrected chi connectivity index (χ0v) is 12.3. The summed E-state index contributed by atoms with van der Waals surface area (Å²) in [5.74, 6) is -0.239. The largest absolute Gasteiger partial charge is 0.309 e. The number of fused-ring (bicyclic) bond motifs is 1. The summed E-state index contributed by atoms with van der Waals surface area (Å²) < 4.78 is 13.9. The van der Waals surface area contributed by atoms with Gasteiger partial charge in [0.15, 0.2) is 0 Å². The molecule has 1 aliphatic carbocycles. The van der Waals surface area contributed by atoms with Crippen LogP contribution < -0.4 is 10.6 Å². The number of hydrogen-bond acceptors (Lipinski definition) is 3. The number of nitrogens with zero attached hydrogens (tertiary/aromatic N) is 1. The van der Waals surface area contributed by atoms with E-state index in [2.05, 4.69) is 38.5 Å². The Balaban J connectivity index is 1.73. The number of carbonyl (C=O) groups is 1. The molecule has 102 valence electrons. The number of aromatic nitrogens is 1. The maximum absolute atomic E-state index is 13.6. The van der Waals surface area contributed by atoms with Gasteiger partial charge in [-0.2, -0.15) is 0 Å². The molecule has 2 aliphatic rings. The Labute approximate surface area is 119 Å². The zero-order chi connectivity index (χ0) is 13.8. The fourth-order valence-electron chi connectivity index (χ4n) is 2.70. The molecule has 0 spiro atoms. The lowest BCUT2D eigenvalue weighted by atomic mass is 10.0. The van der Waals surface area contributed by atoms with Crippen molar-refractivity contribution in [2.75, 3.05) is 5.32 Å². The fraction of sp³-hybridized carbons (Fsp3) is 0.538. The normalized spacial score (nSPS) is 32.0. The van der Waals surface area contributed by atoms with Crippen LogP contribution in [0, 0.1) is 18.2 Å². The highest BCUT2D eigenvalue weighted by molar-refractivity contribution is 9.10. The number of anilines is 1. The molecule has 1 aromatic heterocycles. The summed E-state index contributed by atoms with van der Waals surface area (Å²) in [5.41, 5.74) is 0.624. The van der Waals surface area contributed by atoms with E-state index in [-0.39, 0.29) is 29.0 Å². The van der Waals surface area contributed by atoms with Crippen LogP contribution in [0.2, 0.25) is 0 Å². The molecule has 1 aromatic rings. The molecule has 1 saturated carbocycles. The molecule has 0 unspecified atom stereocenters. The minimum Gasteiger partial charge on any atom is -0.309 e. The third-order valence-corrected chi connectivity index (χ3v) is 4.57. The van der Waals surface area contributed by atoms with Crippen molar-refractivity contribution in [3.05, 3.63) is 22.1 Å². The summed E-state index contributed by atoms with van der Waals surface area (Å²) in [6.07, 6.45) is 1.97. The van der Waals surface area contributed by atoms with E-state index in [1.807, 2.05) is 0 Å². The van der Waals surface area contributed by atoms with Crippen LogP contribution in [0.25, 0.3) is 0 Å². The quantitative estimate of drug-likeness (QED) is 0.820. The van der Waals surface area contributed by atoms with Gasteiger partial charge in [0.25, 0.3) is 0 Å². The van der Waals surface area contributed by atoms with E-state index < -0.39 is 0 Å². The fourth-order valence-corrected chi connectivity index (χ4v) is 3.08. The number of rotatable bonds is 2. The molecule has 4 nitrogen and oxygen atoms in total. The molecule has 6 heteroatoms. The van der Waals surface area contributed by atoms with Crippen molar-refractivity contribution in [3.63, 3.8) is 0 Å². The van der Waals surface area contributed by atoms with Crippen molar-refractivity contribution in [3.8, 4) is 0 Å². The molecule has 3 atom stereocenters. The summed E-state index contributed by atoms with van der Waals surface area (Å²) in [6, 6.07) is 1.54. The van der Waals surface area contributed by atoms with Gasteiger partial charge in [-0.15, -0.1) is 0 Å². The Bertz CT molecular complexity index is 565. The number of nitrogens with one attached hydrogen (secondary N) is 2. The van der Waals surface area contributed by atoms with Crippen LogP contribution in [0.15, 0.2) is 10.7 Å². The van der Waals surface area contributed by atoms with Gasteiger partial charge in [0, 0.05) is 17.7 Å². The minimum absolute atomic E-state index is 0.137. The van der Waals surface area contributed by atoms with Crippen molar-refractivity contribution < 1.29 is 9.18 Å². The number of amides is 1. The second-order valence-electron chi connectivity index (χ2n) is 5.72. The van der Waals surface area contributed by atoms with Crippen LogP contribution in [0.4, 0.5) is 10.2 Å². The second kappa shape index (κ2) is 4.24. The van der Waals surface area contributed by atoms with Gasteiger partial charge in [0.05, 0.1) is 6.04 Å². The number of halogens is 2. The first-order valence-electron chi connectivity index (χ1n) is 6.28. The van der Waals surface area contributed by atoms with Gasteiger partial charge < -0.3 is 10.6 Å². The zero-order valence-electron chi connectivity index (χ0n) is 10.8. The van der Waals surface area contributed by atoms with Gasteiger partial charge in [-0.05, 0) is 41.1 Å². The Hall–Kier alpha value is -1.01. The summed E-state index contributed by atoms with van der Waals surface area (Å²) in [7, 11) is 0. The van der Waals surface area contributed by atoms with Gasteiger partial charge in [0.1, 0.15) is 16.2 Å². The van der Waals surface area contributed by atoms with E-state index in [9.17, 15) is 9.18 Å². The maximum Gasteiger partial charge on any atom is 0.242 e. The first kappa shape index (κ1) is 13.0. The highest BCUT2D eigenvalue weighted by Gasteiger charge is 2.58. The second-order valence-corrected chi connectivity index (χ2v) is 6.54. The van der Waals surface area contributed by atoms with Gasteiger partial charge >= 0.3 is 0 Å². The average Bonchev–Trinajstić information content (AvgIpc) is 2.83. The topological polar surface area (TPSA) is 54.0 Å². The SMILES string of the molecule is Cc1c(F)cc(Br)nc1NC(=O)[C@@H]1C[C@@]2(C)C[C@H]2N1. The van der Waals surface area contributed by atoms with E-state index in [1.54, 1.807) is 6.92 Å². The highest BCUT2D eigenvalue weighted by Crippen LogP contribution is 2.53. The van der Waals surface area contributed by atoms with Crippen LogP contribution in [0.3, 0.4) is 0 Å². The monoisotopic (exact) mass is 327 g/mol. The molecule has 2 heterocycles.